The molecule has 0 radical (unpaired) electrons. The minimum atomic E-state index is -0.401. The van der Waals surface area contributed by atoms with Crippen molar-refractivity contribution in [2.45, 2.75) is 13.8 Å². The lowest BCUT2D eigenvalue weighted by Gasteiger charge is -2.01. The quantitative estimate of drug-likeness (QED) is 0.502. The first-order chi connectivity index (χ1) is 8.63. The number of carbonyl (C=O) groups is 1. The Morgan fingerprint density at radius 1 is 1.61 bits per heavy atom. The zero-order valence-corrected chi connectivity index (χ0v) is 10.5. The number of aromatic nitrogens is 2. The summed E-state index contributed by atoms with van der Waals surface area (Å²) >= 11 is 1.30. The molecule has 2 rings (SSSR count). The normalized spacial score (nSPS) is 11.6. The van der Waals surface area contributed by atoms with Gasteiger partial charge < -0.3 is 9.73 Å². The molecule has 1 amide bonds. The van der Waals surface area contributed by atoms with Crippen LogP contribution in [0, 0.1) is 6.92 Å². The van der Waals surface area contributed by atoms with E-state index in [2.05, 4.69) is 20.6 Å². The molecule has 0 fully saturated rings. The predicted molar refractivity (Wildman–Crippen MR) is 65.3 cm³/mol. The van der Waals surface area contributed by atoms with Crippen LogP contribution in [0.4, 0.5) is 5.13 Å². The maximum atomic E-state index is 12.1. The van der Waals surface area contributed by atoms with Crippen molar-refractivity contribution < 1.29 is 14.5 Å². The molecular formula is C10H10N4O3S. The van der Waals surface area contributed by atoms with E-state index in [1.165, 1.54) is 18.3 Å². The van der Waals surface area contributed by atoms with Crippen molar-refractivity contribution in [2.75, 3.05) is 5.32 Å². The van der Waals surface area contributed by atoms with Gasteiger partial charge >= 0.3 is 0 Å². The first kappa shape index (κ1) is 12.2. The van der Waals surface area contributed by atoms with Crippen LogP contribution in [0.15, 0.2) is 21.3 Å². The van der Waals surface area contributed by atoms with Crippen LogP contribution in [-0.4, -0.2) is 27.0 Å². The summed E-state index contributed by atoms with van der Waals surface area (Å²) in [6, 6.07) is 0. The van der Waals surface area contributed by atoms with E-state index in [-0.39, 0.29) is 17.0 Å². The van der Waals surface area contributed by atoms with Gasteiger partial charge in [-0.1, -0.05) is 10.3 Å². The Hall–Kier alpha value is -2.22. The molecule has 0 unspecified atom stereocenters. The molecule has 0 atom stereocenters. The second kappa shape index (κ2) is 4.96. The molecule has 0 aliphatic carbocycles. The van der Waals surface area contributed by atoms with Crippen LogP contribution in [0.3, 0.4) is 0 Å². The number of aryl methyl sites for hydroxylation is 1. The van der Waals surface area contributed by atoms with Gasteiger partial charge in [0.05, 0.1) is 0 Å². The third kappa shape index (κ3) is 2.23. The summed E-state index contributed by atoms with van der Waals surface area (Å²) in [5.74, 6) is -0.0521. The number of nitrogens with zero attached hydrogens (tertiary/aromatic N) is 3. The van der Waals surface area contributed by atoms with E-state index in [0.29, 0.717) is 10.9 Å². The van der Waals surface area contributed by atoms with Crippen LogP contribution < -0.4 is 5.32 Å². The van der Waals surface area contributed by atoms with Crippen LogP contribution in [0.25, 0.3) is 0 Å². The first-order valence-corrected chi connectivity index (χ1v) is 5.87. The van der Waals surface area contributed by atoms with Crippen molar-refractivity contribution in [1.82, 2.24) is 10.1 Å². The lowest BCUT2D eigenvalue weighted by atomic mass is 10.1. The van der Waals surface area contributed by atoms with Gasteiger partial charge in [-0.25, -0.2) is 4.98 Å². The number of hydrogen-bond donors (Lipinski definition) is 2. The standard InChI is InChI=1S/C10H10N4O3S/c1-5(13-16)8-7(6(2)17-14-8)9(15)12-10-11-3-4-18-10/h3-4,16H,1-2H3,(H,11,12,15)/b13-5-. The van der Waals surface area contributed by atoms with Gasteiger partial charge in [0.1, 0.15) is 22.7 Å². The second-order valence-corrected chi connectivity index (χ2v) is 4.33. The molecule has 7 nitrogen and oxygen atoms in total. The van der Waals surface area contributed by atoms with Gasteiger partial charge in [0, 0.05) is 11.6 Å². The SMILES string of the molecule is C/C(=N/O)c1noc(C)c1C(=O)Nc1nccs1. The summed E-state index contributed by atoms with van der Waals surface area (Å²) < 4.78 is 4.94. The fraction of sp³-hybridized carbons (Fsp3) is 0.200. The largest absolute Gasteiger partial charge is 0.411 e. The van der Waals surface area contributed by atoms with Crippen LogP contribution in [0.1, 0.15) is 28.7 Å². The number of oxime groups is 1. The van der Waals surface area contributed by atoms with E-state index in [4.69, 9.17) is 9.73 Å². The number of amides is 1. The summed E-state index contributed by atoms with van der Waals surface area (Å²) in [6.45, 7) is 3.13. The van der Waals surface area contributed by atoms with Gasteiger partial charge in [0.2, 0.25) is 0 Å². The van der Waals surface area contributed by atoms with Gasteiger partial charge in [-0.2, -0.15) is 0 Å². The van der Waals surface area contributed by atoms with E-state index in [0.717, 1.165) is 0 Å². The van der Waals surface area contributed by atoms with E-state index in [1.54, 1.807) is 18.5 Å². The van der Waals surface area contributed by atoms with E-state index in [9.17, 15) is 4.79 Å². The number of anilines is 1. The number of rotatable bonds is 3. The minimum Gasteiger partial charge on any atom is -0.411 e. The second-order valence-electron chi connectivity index (χ2n) is 3.44. The molecule has 0 saturated heterocycles. The van der Waals surface area contributed by atoms with Crippen molar-refractivity contribution in [3.05, 3.63) is 28.6 Å². The first-order valence-electron chi connectivity index (χ1n) is 4.99. The highest BCUT2D eigenvalue weighted by Crippen LogP contribution is 2.18. The molecule has 2 aromatic rings. The monoisotopic (exact) mass is 266 g/mol. The van der Waals surface area contributed by atoms with Crippen LogP contribution in [-0.2, 0) is 0 Å². The Bertz CT molecular complexity index is 588. The molecule has 94 valence electrons. The van der Waals surface area contributed by atoms with Crippen molar-refractivity contribution in [3.8, 4) is 0 Å². The van der Waals surface area contributed by atoms with Gasteiger partial charge in [0.25, 0.3) is 5.91 Å². The zero-order valence-electron chi connectivity index (χ0n) is 9.67. The van der Waals surface area contributed by atoms with Gasteiger partial charge in [-0.3, -0.25) is 10.1 Å². The summed E-state index contributed by atoms with van der Waals surface area (Å²) in [4.78, 5) is 16.0. The van der Waals surface area contributed by atoms with Crippen molar-refractivity contribution in [2.24, 2.45) is 5.16 Å². The molecule has 2 N–H and O–H groups in total. The maximum Gasteiger partial charge on any atom is 0.263 e. The Balaban J connectivity index is 2.33. The summed E-state index contributed by atoms with van der Waals surface area (Å²) in [6.07, 6.45) is 1.59. The molecule has 0 aromatic carbocycles. The molecule has 2 aromatic heterocycles. The summed E-state index contributed by atoms with van der Waals surface area (Å²) in [7, 11) is 0. The van der Waals surface area contributed by atoms with Crippen LogP contribution in [0.2, 0.25) is 0 Å². The number of nitrogens with one attached hydrogen (secondary N) is 1. The average Bonchev–Trinajstić information content (AvgIpc) is 2.97. The predicted octanol–water partition coefficient (Wildman–Crippen LogP) is 1.89. The minimum absolute atomic E-state index is 0.205. The number of hydrogen-bond acceptors (Lipinski definition) is 7. The summed E-state index contributed by atoms with van der Waals surface area (Å²) in [5.41, 5.74) is 0.653. The van der Waals surface area contributed by atoms with E-state index < -0.39 is 5.91 Å². The van der Waals surface area contributed by atoms with Gasteiger partial charge in [0.15, 0.2) is 5.13 Å². The van der Waals surface area contributed by atoms with Gasteiger partial charge in [-0.15, -0.1) is 11.3 Å². The Labute approximate surface area is 106 Å². The molecule has 2 heterocycles. The van der Waals surface area contributed by atoms with Crippen molar-refractivity contribution >= 4 is 28.1 Å². The zero-order chi connectivity index (χ0) is 13.1. The average molecular weight is 266 g/mol. The molecule has 0 saturated carbocycles. The molecule has 0 bridgehead atoms. The molecule has 0 aliphatic rings. The number of thiazole rings is 1. The van der Waals surface area contributed by atoms with Gasteiger partial charge in [-0.05, 0) is 13.8 Å². The Kier molecular flexibility index (Phi) is 3.38. The lowest BCUT2D eigenvalue weighted by Crippen LogP contribution is -2.16. The highest BCUT2D eigenvalue weighted by Gasteiger charge is 2.23. The smallest absolute Gasteiger partial charge is 0.263 e. The van der Waals surface area contributed by atoms with Crippen LogP contribution >= 0.6 is 11.3 Å². The molecular weight excluding hydrogens is 256 g/mol. The number of carbonyl (C=O) groups excluding carboxylic acids is 1. The molecule has 18 heavy (non-hydrogen) atoms. The van der Waals surface area contributed by atoms with Crippen LogP contribution in [0.5, 0.6) is 0 Å². The topological polar surface area (TPSA) is 101 Å². The maximum absolute atomic E-state index is 12.1. The summed E-state index contributed by atoms with van der Waals surface area (Å²) in [5, 5.41) is 20.3. The molecule has 0 aliphatic heterocycles. The third-order valence-electron chi connectivity index (χ3n) is 2.24. The Morgan fingerprint density at radius 3 is 3.00 bits per heavy atom. The van der Waals surface area contributed by atoms with Crippen molar-refractivity contribution in [3.63, 3.8) is 0 Å². The molecule has 8 heteroatoms. The molecule has 0 spiro atoms. The Morgan fingerprint density at radius 2 is 2.39 bits per heavy atom. The third-order valence-corrected chi connectivity index (χ3v) is 2.92. The fourth-order valence-electron chi connectivity index (χ4n) is 1.38. The van der Waals surface area contributed by atoms with E-state index >= 15 is 0 Å². The lowest BCUT2D eigenvalue weighted by molar-refractivity contribution is 0.102. The van der Waals surface area contributed by atoms with E-state index in [1.807, 2.05) is 0 Å². The highest BCUT2D eigenvalue weighted by atomic mass is 32.1. The highest BCUT2D eigenvalue weighted by molar-refractivity contribution is 7.13. The van der Waals surface area contributed by atoms with Crippen molar-refractivity contribution in [1.29, 1.82) is 0 Å². The fourth-order valence-corrected chi connectivity index (χ4v) is 1.90.